The first-order valence-corrected chi connectivity index (χ1v) is 7.61. The number of hydrogen-bond acceptors (Lipinski definition) is 7. The summed E-state index contributed by atoms with van der Waals surface area (Å²) < 4.78 is 15.9. The number of methoxy groups -OCH3 is 1. The van der Waals surface area contributed by atoms with Crippen molar-refractivity contribution in [3.8, 4) is 11.8 Å². The third-order valence-corrected chi connectivity index (χ3v) is 3.59. The van der Waals surface area contributed by atoms with Crippen LogP contribution in [-0.4, -0.2) is 19.7 Å². The summed E-state index contributed by atoms with van der Waals surface area (Å²) in [6.45, 7) is 1.67. The largest absolute Gasteiger partial charge is 0.493 e. The Morgan fingerprint density at radius 2 is 2.12 bits per heavy atom. The predicted molar refractivity (Wildman–Crippen MR) is 90.1 cm³/mol. The molecule has 0 spiro atoms. The van der Waals surface area contributed by atoms with Gasteiger partial charge in [0.25, 0.3) is 0 Å². The first-order chi connectivity index (χ1) is 11.4. The molecule has 0 aliphatic heterocycles. The Hall–Kier alpha value is -2.79. The Kier molecular flexibility index (Phi) is 5.26. The van der Waals surface area contributed by atoms with Crippen LogP contribution in [0.15, 0.2) is 37.5 Å². The van der Waals surface area contributed by atoms with Gasteiger partial charge in [0.2, 0.25) is 0 Å². The van der Waals surface area contributed by atoms with Gasteiger partial charge < -0.3 is 19.6 Å². The van der Waals surface area contributed by atoms with Crippen LogP contribution in [0.1, 0.15) is 12.5 Å². The van der Waals surface area contributed by atoms with Crippen molar-refractivity contribution < 1.29 is 18.7 Å². The number of fused-ring (bicyclic) bond motifs is 1. The summed E-state index contributed by atoms with van der Waals surface area (Å²) in [4.78, 5) is 24.0. The van der Waals surface area contributed by atoms with E-state index in [9.17, 15) is 9.59 Å². The van der Waals surface area contributed by atoms with Gasteiger partial charge in [-0.05, 0) is 25.1 Å². The van der Waals surface area contributed by atoms with Gasteiger partial charge in [-0.25, -0.2) is 9.59 Å². The van der Waals surface area contributed by atoms with E-state index in [0.29, 0.717) is 15.6 Å². The highest BCUT2D eigenvalue weighted by atomic mass is 79.9. The quantitative estimate of drug-likeness (QED) is 0.367. The minimum Gasteiger partial charge on any atom is -0.493 e. The molecule has 0 saturated heterocycles. The molecule has 2 aromatic rings. The second-order valence-corrected chi connectivity index (χ2v) is 5.51. The standard InChI is InChI=1S/C16H13BrN2O5/c1-3-23-15(20)11(7-18)13(19)10-5-8-4-9(17)6-12(22-2)14(8)24-16(10)21/h4-6H,3,19H2,1-2H3. The van der Waals surface area contributed by atoms with Crippen LogP contribution in [0.5, 0.6) is 5.75 Å². The molecule has 0 bridgehead atoms. The minimum absolute atomic E-state index is 0.0771. The molecule has 8 heteroatoms. The lowest BCUT2D eigenvalue weighted by Crippen LogP contribution is -2.17. The third-order valence-electron chi connectivity index (χ3n) is 3.13. The smallest absolute Gasteiger partial charge is 0.351 e. The van der Waals surface area contributed by atoms with Gasteiger partial charge in [-0.3, -0.25) is 0 Å². The molecule has 24 heavy (non-hydrogen) atoms. The Morgan fingerprint density at radius 1 is 1.42 bits per heavy atom. The van der Waals surface area contributed by atoms with Gasteiger partial charge in [-0.2, -0.15) is 5.26 Å². The summed E-state index contributed by atoms with van der Waals surface area (Å²) in [5.74, 6) is -0.541. The van der Waals surface area contributed by atoms with Crippen molar-refractivity contribution in [3.05, 3.63) is 44.2 Å². The van der Waals surface area contributed by atoms with Gasteiger partial charge >= 0.3 is 11.6 Å². The summed E-state index contributed by atoms with van der Waals surface area (Å²) in [6.07, 6.45) is 0. The van der Waals surface area contributed by atoms with Crippen molar-refractivity contribution in [2.75, 3.05) is 13.7 Å². The number of rotatable bonds is 4. The molecule has 2 rings (SSSR count). The molecule has 0 saturated carbocycles. The van der Waals surface area contributed by atoms with E-state index in [-0.39, 0.29) is 23.5 Å². The highest BCUT2D eigenvalue weighted by Gasteiger charge is 2.20. The molecule has 0 fully saturated rings. The Labute approximate surface area is 145 Å². The second-order valence-electron chi connectivity index (χ2n) is 4.59. The lowest BCUT2D eigenvalue weighted by molar-refractivity contribution is -0.137. The van der Waals surface area contributed by atoms with Gasteiger partial charge in [0, 0.05) is 9.86 Å². The fraction of sp³-hybridized carbons (Fsp3) is 0.188. The average molecular weight is 393 g/mol. The van der Waals surface area contributed by atoms with Crippen molar-refractivity contribution in [2.45, 2.75) is 6.92 Å². The summed E-state index contributed by atoms with van der Waals surface area (Å²) in [5.41, 5.74) is 4.42. The Balaban J connectivity index is 2.73. The van der Waals surface area contributed by atoms with Gasteiger partial charge in [0.05, 0.1) is 25.0 Å². The SMILES string of the molecule is CCOC(=O)C(C#N)=C(N)c1cc2cc(Br)cc(OC)c2oc1=O. The number of nitrogens with two attached hydrogens (primary N) is 1. The van der Waals surface area contributed by atoms with Crippen LogP contribution in [-0.2, 0) is 9.53 Å². The zero-order valence-electron chi connectivity index (χ0n) is 12.9. The van der Waals surface area contributed by atoms with Crippen molar-refractivity contribution in [3.63, 3.8) is 0 Å². The first kappa shape index (κ1) is 17.6. The zero-order chi connectivity index (χ0) is 17.9. The van der Waals surface area contributed by atoms with E-state index in [1.807, 2.05) is 0 Å². The van der Waals surface area contributed by atoms with E-state index in [2.05, 4.69) is 15.9 Å². The molecule has 0 amide bonds. The maximum atomic E-state index is 12.2. The van der Waals surface area contributed by atoms with Crippen LogP contribution in [0, 0.1) is 11.3 Å². The average Bonchev–Trinajstić information content (AvgIpc) is 2.54. The highest BCUT2D eigenvalue weighted by molar-refractivity contribution is 9.10. The summed E-state index contributed by atoms with van der Waals surface area (Å²) >= 11 is 3.32. The summed E-state index contributed by atoms with van der Waals surface area (Å²) in [6, 6.07) is 6.42. The molecular weight excluding hydrogens is 380 g/mol. The fourth-order valence-electron chi connectivity index (χ4n) is 2.06. The number of halogens is 1. The topological polar surface area (TPSA) is 116 Å². The number of carbonyl (C=O) groups excluding carboxylic acids is 1. The molecule has 2 N–H and O–H groups in total. The molecule has 1 heterocycles. The number of ether oxygens (including phenoxy) is 2. The molecule has 7 nitrogen and oxygen atoms in total. The van der Waals surface area contributed by atoms with E-state index < -0.39 is 17.2 Å². The van der Waals surface area contributed by atoms with Crippen molar-refractivity contribution in [1.82, 2.24) is 0 Å². The molecule has 124 valence electrons. The minimum atomic E-state index is -0.899. The molecule has 1 aromatic carbocycles. The van der Waals surface area contributed by atoms with E-state index in [1.54, 1.807) is 25.1 Å². The number of esters is 1. The Bertz CT molecular complexity index is 940. The highest BCUT2D eigenvalue weighted by Crippen LogP contribution is 2.30. The van der Waals surface area contributed by atoms with E-state index in [4.69, 9.17) is 24.9 Å². The molecule has 0 unspecified atom stereocenters. The predicted octanol–water partition coefficient (Wildman–Crippen LogP) is 2.32. The molecule has 0 aliphatic carbocycles. The van der Waals surface area contributed by atoms with Gasteiger partial charge in [-0.15, -0.1) is 0 Å². The van der Waals surface area contributed by atoms with E-state index in [0.717, 1.165) is 0 Å². The van der Waals surface area contributed by atoms with Crippen LogP contribution in [0.4, 0.5) is 0 Å². The molecule has 1 aromatic heterocycles. The summed E-state index contributed by atoms with van der Waals surface area (Å²) in [7, 11) is 1.44. The third kappa shape index (κ3) is 3.26. The number of carbonyl (C=O) groups is 1. The number of nitriles is 1. The molecule has 0 atom stereocenters. The fourth-order valence-corrected chi connectivity index (χ4v) is 2.51. The molecule has 0 radical (unpaired) electrons. The van der Waals surface area contributed by atoms with Crippen LogP contribution in [0.25, 0.3) is 16.7 Å². The van der Waals surface area contributed by atoms with Gasteiger partial charge in [0.15, 0.2) is 16.9 Å². The second kappa shape index (κ2) is 7.19. The number of nitrogens with zero attached hydrogens (tertiary/aromatic N) is 1. The maximum absolute atomic E-state index is 12.2. The van der Waals surface area contributed by atoms with Crippen LogP contribution in [0.2, 0.25) is 0 Å². The van der Waals surface area contributed by atoms with Crippen LogP contribution in [0.3, 0.4) is 0 Å². The van der Waals surface area contributed by atoms with Crippen molar-refractivity contribution >= 4 is 38.6 Å². The van der Waals surface area contributed by atoms with E-state index >= 15 is 0 Å². The monoisotopic (exact) mass is 392 g/mol. The van der Waals surface area contributed by atoms with Gasteiger partial charge in [0.1, 0.15) is 6.07 Å². The maximum Gasteiger partial charge on any atom is 0.351 e. The van der Waals surface area contributed by atoms with E-state index in [1.165, 1.54) is 13.2 Å². The van der Waals surface area contributed by atoms with Crippen LogP contribution < -0.4 is 16.1 Å². The zero-order valence-corrected chi connectivity index (χ0v) is 14.5. The van der Waals surface area contributed by atoms with Crippen molar-refractivity contribution in [2.24, 2.45) is 5.73 Å². The number of hydrogen-bond donors (Lipinski definition) is 1. The molecule has 0 aliphatic rings. The lowest BCUT2D eigenvalue weighted by atomic mass is 10.1. The normalized spacial score (nSPS) is 11.6. The Morgan fingerprint density at radius 3 is 2.71 bits per heavy atom. The van der Waals surface area contributed by atoms with Gasteiger partial charge in [-0.1, -0.05) is 15.9 Å². The lowest BCUT2D eigenvalue weighted by Gasteiger charge is -2.08. The van der Waals surface area contributed by atoms with Crippen molar-refractivity contribution in [1.29, 1.82) is 5.26 Å². The summed E-state index contributed by atoms with van der Waals surface area (Å²) in [5, 5.41) is 9.65. The molecular formula is C16H13BrN2O5. The van der Waals surface area contributed by atoms with Crippen LogP contribution >= 0.6 is 15.9 Å². The first-order valence-electron chi connectivity index (χ1n) is 6.81. The number of benzene rings is 1.